The molecule has 3 rings (SSSR count). The summed E-state index contributed by atoms with van der Waals surface area (Å²) in [5.74, 6) is 1.38. The van der Waals surface area contributed by atoms with Crippen LogP contribution in [0, 0.1) is 0 Å². The second-order valence-electron chi connectivity index (χ2n) is 4.68. The van der Waals surface area contributed by atoms with Crippen LogP contribution in [0.4, 0.5) is 5.69 Å². The molecule has 0 aromatic heterocycles. The minimum Gasteiger partial charge on any atom is -0.497 e. The highest BCUT2D eigenvalue weighted by atomic mass is 35.5. The van der Waals surface area contributed by atoms with Crippen molar-refractivity contribution < 1.29 is 9.53 Å². The summed E-state index contributed by atoms with van der Waals surface area (Å²) in [4.78, 5) is 14.1. The Kier molecular flexibility index (Phi) is 4.08. The van der Waals surface area contributed by atoms with Gasteiger partial charge in [-0.05, 0) is 42.0 Å². The van der Waals surface area contributed by atoms with Crippen molar-refractivity contribution in [3.63, 3.8) is 0 Å². The quantitative estimate of drug-likeness (QED) is 0.852. The zero-order valence-corrected chi connectivity index (χ0v) is 13.0. The molecule has 0 aliphatic carbocycles. The van der Waals surface area contributed by atoms with Crippen LogP contribution in [0.1, 0.15) is 10.9 Å². The standard InChI is InChI=1S/C16H14ClNO2S/c1-20-14-8-6-13(7-9-14)18-15(19)10-21-16(18)11-2-4-12(17)5-3-11/h2-9,16H,10H2,1H3/t16-/m0/s1. The molecule has 5 heteroatoms. The molecule has 1 amide bonds. The van der Waals surface area contributed by atoms with Gasteiger partial charge in [-0.25, -0.2) is 0 Å². The van der Waals surface area contributed by atoms with Crippen molar-refractivity contribution >= 4 is 35.0 Å². The highest BCUT2D eigenvalue weighted by Crippen LogP contribution is 2.42. The van der Waals surface area contributed by atoms with Gasteiger partial charge in [-0.2, -0.15) is 0 Å². The van der Waals surface area contributed by atoms with E-state index in [0.717, 1.165) is 17.0 Å². The van der Waals surface area contributed by atoms with Gasteiger partial charge in [-0.1, -0.05) is 23.7 Å². The molecule has 0 spiro atoms. The Hall–Kier alpha value is -1.65. The Morgan fingerprint density at radius 1 is 1.14 bits per heavy atom. The van der Waals surface area contributed by atoms with Gasteiger partial charge in [-0.3, -0.25) is 9.69 Å². The SMILES string of the molecule is COc1ccc(N2C(=O)CS[C@H]2c2ccc(Cl)cc2)cc1. The molecule has 1 heterocycles. The molecule has 0 radical (unpaired) electrons. The van der Waals surface area contributed by atoms with Gasteiger partial charge in [0.05, 0.1) is 12.9 Å². The molecule has 21 heavy (non-hydrogen) atoms. The molecule has 0 N–H and O–H groups in total. The summed E-state index contributed by atoms with van der Waals surface area (Å²) in [5.41, 5.74) is 1.96. The number of halogens is 1. The number of carbonyl (C=O) groups is 1. The lowest BCUT2D eigenvalue weighted by atomic mass is 10.2. The molecule has 0 saturated carbocycles. The maximum atomic E-state index is 12.2. The maximum Gasteiger partial charge on any atom is 0.238 e. The highest BCUT2D eigenvalue weighted by Gasteiger charge is 2.33. The Morgan fingerprint density at radius 3 is 2.43 bits per heavy atom. The first-order valence-corrected chi connectivity index (χ1v) is 7.95. The van der Waals surface area contributed by atoms with Crippen molar-refractivity contribution in [3.8, 4) is 5.75 Å². The topological polar surface area (TPSA) is 29.5 Å². The van der Waals surface area contributed by atoms with Crippen LogP contribution in [-0.4, -0.2) is 18.8 Å². The molecular weight excluding hydrogens is 306 g/mol. The van der Waals surface area contributed by atoms with E-state index in [2.05, 4.69) is 0 Å². The van der Waals surface area contributed by atoms with E-state index < -0.39 is 0 Å². The third-order valence-corrected chi connectivity index (χ3v) is 4.84. The van der Waals surface area contributed by atoms with Crippen molar-refractivity contribution in [2.75, 3.05) is 17.8 Å². The summed E-state index contributed by atoms with van der Waals surface area (Å²) < 4.78 is 5.16. The van der Waals surface area contributed by atoms with Gasteiger partial charge < -0.3 is 4.74 Å². The van der Waals surface area contributed by atoms with E-state index in [1.165, 1.54) is 0 Å². The van der Waals surface area contributed by atoms with Crippen LogP contribution in [0.25, 0.3) is 0 Å². The number of hydrogen-bond acceptors (Lipinski definition) is 3. The molecule has 0 unspecified atom stereocenters. The van der Waals surface area contributed by atoms with E-state index >= 15 is 0 Å². The predicted molar refractivity (Wildman–Crippen MR) is 87.1 cm³/mol. The average Bonchev–Trinajstić information content (AvgIpc) is 2.90. The van der Waals surface area contributed by atoms with Gasteiger partial charge in [0, 0.05) is 10.7 Å². The van der Waals surface area contributed by atoms with Crippen molar-refractivity contribution in [3.05, 3.63) is 59.1 Å². The Morgan fingerprint density at radius 2 is 1.81 bits per heavy atom. The molecule has 1 atom stereocenters. The first kappa shape index (κ1) is 14.3. The summed E-state index contributed by atoms with van der Waals surface area (Å²) in [6.45, 7) is 0. The van der Waals surface area contributed by atoms with E-state index in [1.807, 2.05) is 53.4 Å². The van der Waals surface area contributed by atoms with Gasteiger partial charge in [0.1, 0.15) is 11.1 Å². The minimum atomic E-state index is -0.0110. The largest absolute Gasteiger partial charge is 0.497 e. The summed E-state index contributed by atoms with van der Waals surface area (Å²) in [7, 11) is 1.63. The Bertz CT molecular complexity index is 642. The number of carbonyl (C=O) groups excluding carboxylic acids is 1. The molecule has 1 aliphatic rings. The van der Waals surface area contributed by atoms with Crippen molar-refractivity contribution in [2.45, 2.75) is 5.37 Å². The zero-order valence-electron chi connectivity index (χ0n) is 11.5. The summed E-state index contributed by atoms with van der Waals surface area (Å²) >= 11 is 7.56. The molecule has 1 saturated heterocycles. The minimum absolute atomic E-state index is 0.0110. The van der Waals surface area contributed by atoms with Crippen LogP contribution in [0.15, 0.2) is 48.5 Å². The van der Waals surface area contributed by atoms with Crippen LogP contribution in [0.2, 0.25) is 5.02 Å². The summed E-state index contributed by atoms with van der Waals surface area (Å²) in [6, 6.07) is 15.2. The Labute approximate surface area is 132 Å². The number of amides is 1. The third-order valence-electron chi connectivity index (χ3n) is 3.37. The molecule has 3 nitrogen and oxygen atoms in total. The van der Waals surface area contributed by atoms with Crippen molar-refractivity contribution in [1.29, 1.82) is 0 Å². The van der Waals surface area contributed by atoms with Gasteiger partial charge in [0.2, 0.25) is 5.91 Å². The number of nitrogens with zero attached hydrogens (tertiary/aromatic N) is 1. The van der Waals surface area contributed by atoms with Gasteiger partial charge in [0.15, 0.2) is 0 Å². The van der Waals surface area contributed by atoms with E-state index in [-0.39, 0.29) is 11.3 Å². The fraction of sp³-hybridized carbons (Fsp3) is 0.188. The Balaban J connectivity index is 1.93. The van der Waals surface area contributed by atoms with Gasteiger partial charge in [0.25, 0.3) is 0 Å². The molecule has 108 valence electrons. The first-order chi connectivity index (χ1) is 10.2. The second kappa shape index (κ2) is 6.00. The number of hydrogen-bond donors (Lipinski definition) is 0. The fourth-order valence-electron chi connectivity index (χ4n) is 2.32. The molecule has 0 bridgehead atoms. The first-order valence-electron chi connectivity index (χ1n) is 6.52. The lowest BCUT2D eigenvalue weighted by Gasteiger charge is -2.24. The zero-order chi connectivity index (χ0) is 14.8. The highest BCUT2D eigenvalue weighted by molar-refractivity contribution is 8.00. The molecule has 2 aromatic rings. The van der Waals surface area contributed by atoms with Gasteiger partial charge >= 0.3 is 0 Å². The lowest BCUT2D eigenvalue weighted by molar-refractivity contribution is -0.115. The van der Waals surface area contributed by atoms with E-state index in [0.29, 0.717) is 10.8 Å². The second-order valence-corrected chi connectivity index (χ2v) is 6.18. The molecule has 1 fully saturated rings. The van der Waals surface area contributed by atoms with Crippen LogP contribution in [0.5, 0.6) is 5.75 Å². The van der Waals surface area contributed by atoms with E-state index in [9.17, 15) is 4.79 Å². The summed E-state index contributed by atoms with van der Waals surface area (Å²) in [5, 5.41) is 0.687. The monoisotopic (exact) mass is 319 g/mol. The summed E-state index contributed by atoms with van der Waals surface area (Å²) in [6.07, 6.45) is 0. The molecular formula is C16H14ClNO2S. The molecule has 2 aromatic carbocycles. The number of methoxy groups -OCH3 is 1. The average molecular weight is 320 g/mol. The number of ether oxygens (including phenoxy) is 1. The van der Waals surface area contributed by atoms with Crippen LogP contribution in [0.3, 0.4) is 0 Å². The normalized spacial score (nSPS) is 18.1. The van der Waals surface area contributed by atoms with Gasteiger partial charge in [-0.15, -0.1) is 11.8 Å². The number of thioether (sulfide) groups is 1. The predicted octanol–water partition coefficient (Wildman–Crippen LogP) is 4.13. The van der Waals surface area contributed by atoms with Crippen molar-refractivity contribution in [1.82, 2.24) is 0 Å². The molecule has 1 aliphatic heterocycles. The lowest BCUT2D eigenvalue weighted by Crippen LogP contribution is -2.27. The van der Waals surface area contributed by atoms with Crippen LogP contribution >= 0.6 is 23.4 Å². The number of anilines is 1. The third kappa shape index (κ3) is 2.87. The van der Waals surface area contributed by atoms with Crippen LogP contribution < -0.4 is 9.64 Å². The maximum absolute atomic E-state index is 12.2. The van der Waals surface area contributed by atoms with Crippen LogP contribution in [-0.2, 0) is 4.79 Å². The number of rotatable bonds is 3. The van der Waals surface area contributed by atoms with E-state index in [4.69, 9.17) is 16.3 Å². The fourth-order valence-corrected chi connectivity index (χ4v) is 3.62. The number of benzene rings is 2. The smallest absolute Gasteiger partial charge is 0.238 e. The van der Waals surface area contributed by atoms with Crippen molar-refractivity contribution in [2.24, 2.45) is 0 Å². The van der Waals surface area contributed by atoms with E-state index in [1.54, 1.807) is 18.9 Å².